The third-order valence-electron chi connectivity index (χ3n) is 2.42. The van der Waals surface area contributed by atoms with Gasteiger partial charge in [-0.05, 0) is 18.2 Å². The summed E-state index contributed by atoms with van der Waals surface area (Å²) >= 11 is 0. The second kappa shape index (κ2) is 5.39. The summed E-state index contributed by atoms with van der Waals surface area (Å²) in [7, 11) is 0. The molecular formula is C12H7F2N3O3. The van der Waals surface area contributed by atoms with Crippen LogP contribution in [0.3, 0.4) is 0 Å². The van der Waals surface area contributed by atoms with Gasteiger partial charge in [0.15, 0.2) is 11.5 Å². The van der Waals surface area contributed by atoms with E-state index >= 15 is 0 Å². The molecule has 0 aliphatic heterocycles. The van der Waals surface area contributed by atoms with Crippen molar-refractivity contribution >= 4 is 17.3 Å². The summed E-state index contributed by atoms with van der Waals surface area (Å²) < 4.78 is 26.2. The average molecular weight is 279 g/mol. The Morgan fingerprint density at radius 3 is 2.60 bits per heavy atom. The third kappa shape index (κ3) is 2.74. The first kappa shape index (κ1) is 13.5. The van der Waals surface area contributed by atoms with Gasteiger partial charge in [-0.1, -0.05) is 6.07 Å². The van der Waals surface area contributed by atoms with Crippen molar-refractivity contribution < 1.29 is 18.5 Å². The summed E-state index contributed by atoms with van der Waals surface area (Å²) in [6.45, 7) is 0. The van der Waals surface area contributed by atoms with E-state index in [-0.39, 0.29) is 5.56 Å². The van der Waals surface area contributed by atoms with E-state index in [9.17, 15) is 23.7 Å². The summed E-state index contributed by atoms with van der Waals surface area (Å²) in [5.41, 5.74) is -1.18. The maximum atomic E-state index is 13.6. The standard InChI is InChI=1S/C12H7F2N3O3/c13-8-2-1-3-9(17(19)20)11(8)16-12(18)7-4-5-10(14)15-6-7/h1-6H,(H,16,18). The summed E-state index contributed by atoms with van der Waals surface area (Å²) in [4.78, 5) is 25.0. The number of para-hydroxylation sites is 1. The van der Waals surface area contributed by atoms with Crippen molar-refractivity contribution in [3.63, 3.8) is 0 Å². The van der Waals surface area contributed by atoms with E-state index in [1.807, 2.05) is 0 Å². The predicted octanol–water partition coefficient (Wildman–Crippen LogP) is 2.52. The molecule has 8 heteroatoms. The van der Waals surface area contributed by atoms with Crippen molar-refractivity contribution in [3.05, 3.63) is 64.0 Å². The van der Waals surface area contributed by atoms with Gasteiger partial charge in [-0.15, -0.1) is 0 Å². The van der Waals surface area contributed by atoms with Gasteiger partial charge in [0.1, 0.15) is 0 Å². The lowest BCUT2D eigenvalue weighted by molar-refractivity contribution is -0.384. The number of carbonyl (C=O) groups excluding carboxylic acids is 1. The van der Waals surface area contributed by atoms with Crippen LogP contribution < -0.4 is 5.32 Å². The monoisotopic (exact) mass is 279 g/mol. The second-order valence-corrected chi connectivity index (χ2v) is 3.71. The minimum atomic E-state index is -0.942. The van der Waals surface area contributed by atoms with Crippen LogP contribution in [0.5, 0.6) is 0 Å². The lowest BCUT2D eigenvalue weighted by Gasteiger charge is -2.06. The summed E-state index contributed by atoms with van der Waals surface area (Å²) in [6.07, 6.45) is 0.942. The molecule has 0 bridgehead atoms. The molecule has 0 atom stereocenters. The summed E-state index contributed by atoms with van der Waals surface area (Å²) in [5, 5.41) is 12.8. The van der Waals surface area contributed by atoms with Gasteiger partial charge in [-0.3, -0.25) is 14.9 Å². The number of nitrogens with zero attached hydrogens (tertiary/aromatic N) is 2. The molecule has 0 unspecified atom stereocenters. The Hall–Kier alpha value is -2.90. The van der Waals surface area contributed by atoms with Gasteiger partial charge in [0, 0.05) is 12.3 Å². The molecule has 102 valence electrons. The van der Waals surface area contributed by atoms with E-state index in [0.717, 1.165) is 36.5 Å². The van der Waals surface area contributed by atoms with Crippen LogP contribution in [0.1, 0.15) is 10.4 Å². The highest BCUT2D eigenvalue weighted by atomic mass is 19.1. The second-order valence-electron chi connectivity index (χ2n) is 3.71. The van der Waals surface area contributed by atoms with Gasteiger partial charge in [0.2, 0.25) is 5.95 Å². The number of rotatable bonds is 3. The fourth-order valence-electron chi connectivity index (χ4n) is 1.48. The molecule has 0 radical (unpaired) electrons. The van der Waals surface area contributed by atoms with Crippen LogP contribution in [-0.4, -0.2) is 15.8 Å². The summed E-state index contributed by atoms with van der Waals surface area (Å²) in [5.74, 6) is -2.55. The van der Waals surface area contributed by atoms with Gasteiger partial charge >= 0.3 is 0 Å². The number of halogens is 2. The Labute approximate surface area is 111 Å². The van der Waals surface area contributed by atoms with Gasteiger partial charge in [0.05, 0.1) is 10.5 Å². The van der Waals surface area contributed by atoms with Crippen molar-refractivity contribution in [2.24, 2.45) is 0 Å². The van der Waals surface area contributed by atoms with E-state index in [0.29, 0.717) is 0 Å². The SMILES string of the molecule is O=C(Nc1c(F)cccc1[N+](=O)[O-])c1ccc(F)nc1. The smallest absolute Gasteiger partial charge is 0.295 e. The van der Waals surface area contributed by atoms with Crippen LogP contribution in [0, 0.1) is 21.9 Å². The molecule has 6 nitrogen and oxygen atoms in total. The number of nitrogens with one attached hydrogen (secondary N) is 1. The Morgan fingerprint density at radius 1 is 1.25 bits per heavy atom. The molecule has 20 heavy (non-hydrogen) atoms. The number of carbonyl (C=O) groups is 1. The molecular weight excluding hydrogens is 272 g/mol. The lowest BCUT2D eigenvalue weighted by atomic mass is 10.2. The predicted molar refractivity (Wildman–Crippen MR) is 65.2 cm³/mol. The number of nitro groups is 1. The van der Waals surface area contributed by atoms with Crippen LogP contribution in [-0.2, 0) is 0 Å². The highest BCUT2D eigenvalue weighted by molar-refractivity contribution is 6.05. The third-order valence-corrected chi connectivity index (χ3v) is 2.42. The Bertz CT molecular complexity index is 674. The molecule has 1 heterocycles. The minimum Gasteiger partial charge on any atom is -0.314 e. The molecule has 0 aliphatic rings. The number of benzene rings is 1. The lowest BCUT2D eigenvalue weighted by Crippen LogP contribution is -2.14. The highest BCUT2D eigenvalue weighted by Gasteiger charge is 2.20. The largest absolute Gasteiger partial charge is 0.314 e. The molecule has 0 spiro atoms. The molecule has 0 saturated heterocycles. The number of nitro benzene ring substituents is 1. The Balaban J connectivity index is 2.32. The number of hydrogen-bond acceptors (Lipinski definition) is 4. The number of hydrogen-bond donors (Lipinski definition) is 1. The van der Waals surface area contributed by atoms with Gasteiger partial charge in [-0.25, -0.2) is 9.37 Å². The fourth-order valence-corrected chi connectivity index (χ4v) is 1.48. The van der Waals surface area contributed by atoms with Crippen molar-refractivity contribution in [2.75, 3.05) is 5.32 Å². The Kier molecular flexibility index (Phi) is 3.65. The van der Waals surface area contributed by atoms with Crippen LogP contribution in [0.25, 0.3) is 0 Å². The molecule has 2 aromatic rings. The van der Waals surface area contributed by atoms with Gasteiger partial charge < -0.3 is 5.32 Å². The Morgan fingerprint density at radius 2 is 2.00 bits per heavy atom. The highest BCUT2D eigenvalue weighted by Crippen LogP contribution is 2.27. The van der Waals surface area contributed by atoms with E-state index < -0.39 is 34.0 Å². The number of amides is 1. The van der Waals surface area contributed by atoms with Crippen molar-refractivity contribution in [2.45, 2.75) is 0 Å². The normalized spacial score (nSPS) is 10.1. The van der Waals surface area contributed by atoms with E-state index in [2.05, 4.69) is 10.3 Å². The summed E-state index contributed by atoms with van der Waals surface area (Å²) in [6, 6.07) is 5.27. The zero-order chi connectivity index (χ0) is 14.7. The van der Waals surface area contributed by atoms with Crippen LogP contribution in [0.4, 0.5) is 20.2 Å². The molecule has 1 aromatic carbocycles. The molecule has 0 saturated carbocycles. The molecule has 1 N–H and O–H groups in total. The maximum absolute atomic E-state index is 13.6. The number of pyridine rings is 1. The number of anilines is 1. The first-order valence-electron chi connectivity index (χ1n) is 5.35. The van der Waals surface area contributed by atoms with Gasteiger partial charge in [-0.2, -0.15) is 4.39 Å². The molecule has 0 aliphatic carbocycles. The first-order chi connectivity index (χ1) is 9.49. The van der Waals surface area contributed by atoms with E-state index in [1.54, 1.807) is 0 Å². The molecule has 0 fully saturated rings. The van der Waals surface area contributed by atoms with Crippen molar-refractivity contribution in [1.29, 1.82) is 0 Å². The minimum absolute atomic E-state index is 0.0519. The zero-order valence-electron chi connectivity index (χ0n) is 9.84. The first-order valence-corrected chi connectivity index (χ1v) is 5.35. The van der Waals surface area contributed by atoms with Crippen LogP contribution >= 0.6 is 0 Å². The fraction of sp³-hybridized carbons (Fsp3) is 0. The molecule has 1 amide bonds. The maximum Gasteiger partial charge on any atom is 0.295 e. The van der Waals surface area contributed by atoms with Crippen LogP contribution in [0.2, 0.25) is 0 Å². The molecule has 1 aromatic heterocycles. The van der Waals surface area contributed by atoms with Crippen molar-refractivity contribution in [3.8, 4) is 0 Å². The topological polar surface area (TPSA) is 85.1 Å². The zero-order valence-corrected chi connectivity index (χ0v) is 9.84. The van der Waals surface area contributed by atoms with E-state index in [1.165, 1.54) is 0 Å². The average Bonchev–Trinajstić information content (AvgIpc) is 2.41. The van der Waals surface area contributed by atoms with Crippen LogP contribution in [0.15, 0.2) is 36.5 Å². The van der Waals surface area contributed by atoms with E-state index in [4.69, 9.17) is 0 Å². The van der Waals surface area contributed by atoms with Gasteiger partial charge in [0.25, 0.3) is 11.6 Å². The van der Waals surface area contributed by atoms with Crippen molar-refractivity contribution in [1.82, 2.24) is 4.98 Å². The number of aromatic nitrogens is 1. The molecule has 2 rings (SSSR count). The quantitative estimate of drug-likeness (QED) is 0.531.